The van der Waals surface area contributed by atoms with Gasteiger partial charge in [-0.25, -0.2) is 9.37 Å². The minimum atomic E-state index is -0.224. The van der Waals surface area contributed by atoms with Gasteiger partial charge >= 0.3 is 0 Å². The van der Waals surface area contributed by atoms with Crippen LogP contribution in [0.1, 0.15) is 31.7 Å². The Balaban J connectivity index is 1.98. The molecule has 3 nitrogen and oxygen atoms in total. The van der Waals surface area contributed by atoms with Crippen molar-refractivity contribution in [1.29, 1.82) is 0 Å². The van der Waals surface area contributed by atoms with E-state index in [1.54, 1.807) is 18.3 Å². The molecule has 1 aromatic heterocycles. The molecule has 2 N–H and O–H groups in total. The van der Waals surface area contributed by atoms with Gasteiger partial charge in [-0.2, -0.15) is 0 Å². The minimum Gasteiger partial charge on any atom is -0.326 e. The van der Waals surface area contributed by atoms with Crippen LogP contribution in [0.5, 0.6) is 0 Å². The van der Waals surface area contributed by atoms with Gasteiger partial charge < -0.3 is 10.3 Å². The van der Waals surface area contributed by atoms with Crippen molar-refractivity contribution >= 4 is 0 Å². The summed E-state index contributed by atoms with van der Waals surface area (Å²) in [4.78, 5) is 4.22. The van der Waals surface area contributed by atoms with Gasteiger partial charge in [0.1, 0.15) is 5.82 Å². The summed E-state index contributed by atoms with van der Waals surface area (Å²) >= 11 is 0. The van der Waals surface area contributed by atoms with Crippen LogP contribution in [0.3, 0.4) is 0 Å². The highest BCUT2D eigenvalue weighted by Gasteiger charge is 2.25. The molecule has 1 aliphatic rings. The Morgan fingerprint density at radius 1 is 1.26 bits per heavy atom. The second-order valence-electron chi connectivity index (χ2n) is 5.21. The van der Waals surface area contributed by atoms with Crippen LogP contribution < -0.4 is 5.73 Å². The number of aromatic nitrogens is 2. The van der Waals surface area contributed by atoms with Crippen LogP contribution in [0.25, 0.3) is 11.3 Å². The van der Waals surface area contributed by atoms with E-state index in [9.17, 15) is 4.39 Å². The Morgan fingerprint density at radius 3 is 2.89 bits per heavy atom. The first-order chi connectivity index (χ1) is 9.25. The molecular weight excluding hydrogens is 241 g/mol. The minimum absolute atomic E-state index is 0.162. The summed E-state index contributed by atoms with van der Waals surface area (Å²) in [5, 5.41) is 0. The summed E-state index contributed by atoms with van der Waals surface area (Å²) in [7, 11) is 0. The lowest BCUT2D eigenvalue weighted by atomic mass is 9.90. The fourth-order valence-electron chi connectivity index (χ4n) is 2.93. The van der Waals surface area contributed by atoms with E-state index in [4.69, 9.17) is 5.73 Å². The molecule has 1 aliphatic carbocycles. The van der Waals surface area contributed by atoms with Crippen molar-refractivity contribution in [3.8, 4) is 11.3 Å². The van der Waals surface area contributed by atoms with Crippen LogP contribution in [-0.4, -0.2) is 15.6 Å². The zero-order valence-corrected chi connectivity index (χ0v) is 10.8. The maximum Gasteiger partial charge on any atom is 0.123 e. The largest absolute Gasteiger partial charge is 0.326 e. The lowest BCUT2D eigenvalue weighted by molar-refractivity contribution is 0.308. The lowest BCUT2D eigenvalue weighted by Gasteiger charge is -2.30. The summed E-state index contributed by atoms with van der Waals surface area (Å²) in [5.41, 5.74) is 8.03. The maximum absolute atomic E-state index is 13.4. The van der Waals surface area contributed by atoms with E-state index in [-0.39, 0.29) is 17.9 Å². The van der Waals surface area contributed by atoms with Crippen molar-refractivity contribution in [3.63, 3.8) is 0 Å². The Kier molecular flexibility index (Phi) is 3.34. The van der Waals surface area contributed by atoms with Gasteiger partial charge in [0.25, 0.3) is 0 Å². The van der Waals surface area contributed by atoms with Crippen molar-refractivity contribution < 1.29 is 4.39 Å². The number of nitrogens with zero attached hydrogens (tertiary/aromatic N) is 2. The van der Waals surface area contributed by atoms with E-state index in [2.05, 4.69) is 9.55 Å². The number of halogens is 1. The number of imidazole rings is 1. The number of hydrogen-bond acceptors (Lipinski definition) is 2. The second kappa shape index (κ2) is 5.13. The van der Waals surface area contributed by atoms with Gasteiger partial charge in [-0.1, -0.05) is 25.0 Å². The molecule has 19 heavy (non-hydrogen) atoms. The molecule has 2 atom stereocenters. The van der Waals surface area contributed by atoms with Crippen LogP contribution in [0.4, 0.5) is 4.39 Å². The van der Waals surface area contributed by atoms with Crippen LogP contribution in [-0.2, 0) is 0 Å². The van der Waals surface area contributed by atoms with Gasteiger partial charge in [-0.05, 0) is 25.0 Å². The molecule has 1 aromatic carbocycles. The molecule has 0 radical (unpaired) electrons. The molecule has 1 heterocycles. The van der Waals surface area contributed by atoms with Gasteiger partial charge in [0.2, 0.25) is 0 Å². The molecule has 0 amide bonds. The fourth-order valence-corrected chi connectivity index (χ4v) is 2.93. The molecular formula is C15H18FN3. The fraction of sp³-hybridized carbons (Fsp3) is 0.400. The lowest BCUT2D eigenvalue weighted by Crippen LogP contribution is -2.35. The summed E-state index contributed by atoms with van der Waals surface area (Å²) in [6.45, 7) is 0. The Bertz CT molecular complexity index is 564. The molecule has 1 fully saturated rings. The number of benzene rings is 1. The first kappa shape index (κ1) is 12.4. The molecule has 0 saturated heterocycles. The zero-order valence-electron chi connectivity index (χ0n) is 10.8. The summed E-state index contributed by atoms with van der Waals surface area (Å²) in [6, 6.07) is 7.07. The molecule has 3 rings (SSSR count). The Morgan fingerprint density at radius 2 is 2.11 bits per heavy atom. The maximum atomic E-state index is 13.4. The van der Waals surface area contributed by atoms with E-state index in [1.807, 2.05) is 12.4 Å². The third-order valence-corrected chi connectivity index (χ3v) is 3.93. The summed E-state index contributed by atoms with van der Waals surface area (Å²) in [6.07, 6.45) is 8.11. The number of rotatable bonds is 2. The average Bonchev–Trinajstić information content (AvgIpc) is 2.88. The second-order valence-corrected chi connectivity index (χ2v) is 5.21. The van der Waals surface area contributed by atoms with Crippen LogP contribution >= 0.6 is 0 Å². The van der Waals surface area contributed by atoms with Crippen molar-refractivity contribution in [3.05, 3.63) is 42.6 Å². The monoisotopic (exact) mass is 259 g/mol. The molecule has 0 bridgehead atoms. The topological polar surface area (TPSA) is 43.8 Å². The number of hydrogen-bond donors (Lipinski definition) is 1. The molecule has 4 heteroatoms. The predicted octanol–water partition coefficient (Wildman–Crippen LogP) is 3.13. The average molecular weight is 259 g/mol. The Hall–Kier alpha value is -1.68. The highest BCUT2D eigenvalue weighted by atomic mass is 19.1. The van der Waals surface area contributed by atoms with Crippen molar-refractivity contribution in [2.45, 2.75) is 37.8 Å². The SMILES string of the molecule is NC1CCCCC1n1cncc1-c1cccc(F)c1. The van der Waals surface area contributed by atoms with Crippen molar-refractivity contribution in [2.24, 2.45) is 5.73 Å². The van der Waals surface area contributed by atoms with Gasteiger partial charge in [0.15, 0.2) is 0 Å². The van der Waals surface area contributed by atoms with E-state index in [0.717, 1.165) is 24.1 Å². The first-order valence-electron chi connectivity index (χ1n) is 6.79. The molecule has 1 saturated carbocycles. The van der Waals surface area contributed by atoms with Gasteiger partial charge in [-0.15, -0.1) is 0 Å². The zero-order chi connectivity index (χ0) is 13.2. The normalized spacial score (nSPS) is 23.5. The molecule has 0 aliphatic heterocycles. The quantitative estimate of drug-likeness (QED) is 0.900. The van der Waals surface area contributed by atoms with Gasteiger partial charge in [-0.3, -0.25) is 0 Å². The number of nitrogens with two attached hydrogens (primary N) is 1. The molecule has 2 unspecified atom stereocenters. The third kappa shape index (κ3) is 2.40. The first-order valence-corrected chi connectivity index (χ1v) is 6.79. The van der Waals surface area contributed by atoms with Crippen LogP contribution in [0.15, 0.2) is 36.8 Å². The predicted molar refractivity (Wildman–Crippen MR) is 73.1 cm³/mol. The highest BCUT2D eigenvalue weighted by molar-refractivity contribution is 5.59. The Labute approximate surface area is 112 Å². The van der Waals surface area contributed by atoms with Gasteiger partial charge in [0.05, 0.1) is 24.3 Å². The molecule has 0 spiro atoms. The highest BCUT2D eigenvalue weighted by Crippen LogP contribution is 2.31. The third-order valence-electron chi connectivity index (χ3n) is 3.93. The molecule has 100 valence electrons. The van der Waals surface area contributed by atoms with Crippen LogP contribution in [0, 0.1) is 5.82 Å². The van der Waals surface area contributed by atoms with E-state index >= 15 is 0 Å². The summed E-state index contributed by atoms with van der Waals surface area (Å²) < 4.78 is 15.5. The smallest absolute Gasteiger partial charge is 0.123 e. The van der Waals surface area contributed by atoms with Gasteiger partial charge in [0, 0.05) is 11.6 Å². The summed E-state index contributed by atoms with van der Waals surface area (Å²) in [5.74, 6) is -0.224. The van der Waals surface area contributed by atoms with E-state index in [1.165, 1.54) is 18.9 Å². The standard InChI is InChI=1S/C15H18FN3/c16-12-5-3-4-11(8-12)15-9-18-10-19(15)14-7-2-1-6-13(14)17/h3-5,8-10,13-14H,1-2,6-7,17H2. The van der Waals surface area contributed by atoms with Crippen molar-refractivity contribution in [2.75, 3.05) is 0 Å². The van der Waals surface area contributed by atoms with E-state index in [0.29, 0.717) is 0 Å². The van der Waals surface area contributed by atoms with Crippen molar-refractivity contribution in [1.82, 2.24) is 9.55 Å². The van der Waals surface area contributed by atoms with Crippen LogP contribution in [0.2, 0.25) is 0 Å². The van der Waals surface area contributed by atoms with E-state index < -0.39 is 0 Å². The molecule has 2 aromatic rings.